The van der Waals surface area contributed by atoms with Crippen LogP contribution >= 0.6 is 0 Å². The van der Waals surface area contributed by atoms with Gasteiger partial charge in [-0.05, 0) is 37.8 Å². The Morgan fingerprint density at radius 2 is 2.12 bits per heavy atom. The van der Waals surface area contributed by atoms with Crippen LogP contribution in [0.5, 0.6) is 5.75 Å². The zero-order chi connectivity index (χ0) is 17.9. The van der Waals surface area contributed by atoms with Gasteiger partial charge in [-0.3, -0.25) is 4.79 Å². The molecule has 1 aliphatic heterocycles. The molecule has 0 radical (unpaired) electrons. The Morgan fingerprint density at radius 1 is 1.36 bits per heavy atom. The summed E-state index contributed by atoms with van der Waals surface area (Å²) >= 11 is 0. The van der Waals surface area contributed by atoms with Crippen LogP contribution in [0.1, 0.15) is 56.2 Å². The number of aliphatic hydroxyl groups is 1. The molecule has 2 N–H and O–H groups in total. The van der Waals surface area contributed by atoms with E-state index in [4.69, 9.17) is 4.74 Å². The van der Waals surface area contributed by atoms with Crippen LogP contribution in [-0.2, 0) is 11.2 Å². The number of carbonyl (C=O) groups excluding carboxylic acids is 1. The topological polar surface area (TPSA) is 61.8 Å². The van der Waals surface area contributed by atoms with E-state index in [1.54, 1.807) is 7.11 Å². The number of ether oxygens (including phenoxy) is 1. The van der Waals surface area contributed by atoms with E-state index in [9.17, 15) is 9.90 Å². The third-order valence-corrected chi connectivity index (χ3v) is 5.74. The van der Waals surface area contributed by atoms with Gasteiger partial charge in [0.2, 0.25) is 5.91 Å². The van der Waals surface area contributed by atoms with Crippen LogP contribution in [0.2, 0.25) is 0 Å². The zero-order valence-electron chi connectivity index (χ0n) is 15.4. The number of hydrogen-bond donors (Lipinski definition) is 2. The molecule has 0 bridgehead atoms. The largest absolute Gasteiger partial charge is 0.496 e. The van der Waals surface area contributed by atoms with E-state index in [0.717, 1.165) is 37.9 Å². The minimum atomic E-state index is -0.633. The van der Waals surface area contributed by atoms with Crippen molar-refractivity contribution >= 4 is 5.91 Å². The number of rotatable bonds is 5. The third-order valence-electron chi connectivity index (χ3n) is 5.74. The molecule has 0 spiro atoms. The lowest BCUT2D eigenvalue weighted by Crippen LogP contribution is -2.47. The lowest BCUT2D eigenvalue weighted by Gasteiger charge is -2.36. The van der Waals surface area contributed by atoms with Gasteiger partial charge in [-0.2, -0.15) is 0 Å². The lowest BCUT2D eigenvalue weighted by atomic mass is 9.85. The van der Waals surface area contributed by atoms with Crippen LogP contribution in [-0.4, -0.2) is 48.3 Å². The van der Waals surface area contributed by atoms with E-state index in [0.29, 0.717) is 13.1 Å². The van der Waals surface area contributed by atoms with Crippen molar-refractivity contribution in [2.24, 2.45) is 0 Å². The summed E-state index contributed by atoms with van der Waals surface area (Å²) in [6.45, 7) is 3.57. The van der Waals surface area contributed by atoms with E-state index in [1.165, 1.54) is 17.5 Å². The number of nitrogens with zero attached hydrogens (tertiary/aromatic N) is 1. The molecule has 0 aromatic heterocycles. The first-order valence-electron chi connectivity index (χ1n) is 9.42. The lowest BCUT2D eigenvalue weighted by molar-refractivity contribution is -0.133. The smallest absolute Gasteiger partial charge is 0.237 e. The monoisotopic (exact) mass is 346 g/mol. The van der Waals surface area contributed by atoms with Crippen LogP contribution in [0.15, 0.2) is 18.2 Å². The molecule has 1 aliphatic carbocycles. The summed E-state index contributed by atoms with van der Waals surface area (Å²) in [7, 11) is 1.69. The van der Waals surface area contributed by atoms with Crippen LogP contribution in [0.3, 0.4) is 0 Å². The summed E-state index contributed by atoms with van der Waals surface area (Å²) < 4.78 is 5.46. The molecule has 138 valence electrons. The summed E-state index contributed by atoms with van der Waals surface area (Å²) in [6.07, 6.45) is 5.85. The molecule has 0 saturated heterocycles. The number of nitrogens with one attached hydrogen (secondary N) is 1. The third kappa shape index (κ3) is 3.98. The molecular weight excluding hydrogens is 316 g/mol. The van der Waals surface area contributed by atoms with Gasteiger partial charge >= 0.3 is 0 Å². The summed E-state index contributed by atoms with van der Waals surface area (Å²) in [5.74, 6) is 1.01. The average molecular weight is 346 g/mol. The quantitative estimate of drug-likeness (QED) is 0.860. The number of carbonyl (C=O) groups is 1. The molecule has 5 heteroatoms. The molecule has 5 nitrogen and oxygen atoms in total. The maximum absolute atomic E-state index is 12.7. The summed E-state index contributed by atoms with van der Waals surface area (Å²) in [5.41, 5.74) is 1.75. The highest BCUT2D eigenvalue weighted by atomic mass is 16.5. The van der Waals surface area contributed by atoms with Crippen molar-refractivity contribution < 1.29 is 14.6 Å². The first-order valence-corrected chi connectivity index (χ1v) is 9.42. The summed E-state index contributed by atoms with van der Waals surface area (Å²) in [6, 6.07) is 6.10. The normalized spacial score (nSPS) is 22.4. The Bertz CT molecular complexity index is 611. The maximum Gasteiger partial charge on any atom is 0.237 e. The van der Waals surface area contributed by atoms with E-state index in [-0.39, 0.29) is 18.5 Å². The molecule has 1 aromatic rings. The van der Waals surface area contributed by atoms with Gasteiger partial charge in [0.15, 0.2) is 0 Å². The fourth-order valence-electron chi connectivity index (χ4n) is 4.26. The van der Waals surface area contributed by atoms with Gasteiger partial charge in [0.05, 0.1) is 25.3 Å². The minimum Gasteiger partial charge on any atom is -0.496 e. The Morgan fingerprint density at radius 3 is 2.84 bits per heavy atom. The number of fused-ring (bicyclic) bond motifs is 1. The van der Waals surface area contributed by atoms with Gasteiger partial charge in [-0.15, -0.1) is 0 Å². The van der Waals surface area contributed by atoms with Crippen molar-refractivity contribution in [3.63, 3.8) is 0 Å². The predicted molar refractivity (Wildman–Crippen MR) is 97.7 cm³/mol. The van der Waals surface area contributed by atoms with Gasteiger partial charge in [-0.1, -0.05) is 31.4 Å². The summed E-state index contributed by atoms with van der Waals surface area (Å²) in [5, 5.41) is 13.7. The van der Waals surface area contributed by atoms with Crippen molar-refractivity contribution in [2.75, 3.05) is 26.7 Å². The molecule has 1 atom stereocenters. The first-order chi connectivity index (χ1) is 12.0. The van der Waals surface area contributed by atoms with Crippen molar-refractivity contribution in [2.45, 2.75) is 57.1 Å². The Kier molecular flexibility index (Phi) is 5.64. The molecular formula is C20H30N2O3. The molecule has 1 heterocycles. The van der Waals surface area contributed by atoms with Gasteiger partial charge in [0, 0.05) is 18.7 Å². The van der Waals surface area contributed by atoms with Gasteiger partial charge in [0.1, 0.15) is 5.75 Å². The molecule has 1 aromatic carbocycles. The number of amides is 1. The highest BCUT2D eigenvalue weighted by Crippen LogP contribution is 2.34. The van der Waals surface area contributed by atoms with Crippen LogP contribution < -0.4 is 10.1 Å². The van der Waals surface area contributed by atoms with Crippen molar-refractivity contribution in [1.82, 2.24) is 10.2 Å². The van der Waals surface area contributed by atoms with E-state index < -0.39 is 5.60 Å². The highest BCUT2D eigenvalue weighted by molar-refractivity contribution is 5.79. The van der Waals surface area contributed by atoms with Gasteiger partial charge < -0.3 is 20.1 Å². The summed E-state index contributed by atoms with van der Waals surface area (Å²) in [4.78, 5) is 14.6. The van der Waals surface area contributed by atoms with Crippen molar-refractivity contribution in [3.05, 3.63) is 29.3 Å². The van der Waals surface area contributed by atoms with E-state index in [2.05, 4.69) is 18.3 Å². The minimum absolute atomic E-state index is 0.0471. The number of benzene rings is 1. The Balaban J connectivity index is 1.57. The second kappa shape index (κ2) is 7.75. The maximum atomic E-state index is 12.7. The van der Waals surface area contributed by atoms with E-state index in [1.807, 2.05) is 17.0 Å². The second-order valence-electron chi connectivity index (χ2n) is 7.43. The average Bonchev–Trinajstić information content (AvgIpc) is 2.62. The van der Waals surface area contributed by atoms with Crippen LogP contribution in [0.25, 0.3) is 0 Å². The highest BCUT2D eigenvalue weighted by Gasteiger charge is 2.31. The van der Waals surface area contributed by atoms with Crippen LogP contribution in [0, 0.1) is 0 Å². The van der Waals surface area contributed by atoms with Crippen molar-refractivity contribution in [1.29, 1.82) is 0 Å². The molecule has 25 heavy (non-hydrogen) atoms. The fraction of sp³-hybridized carbons (Fsp3) is 0.650. The molecule has 1 amide bonds. The predicted octanol–water partition coefficient (Wildman–Crippen LogP) is 2.43. The molecule has 3 rings (SSSR count). The second-order valence-corrected chi connectivity index (χ2v) is 7.43. The van der Waals surface area contributed by atoms with Crippen LogP contribution in [0.4, 0.5) is 0 Å². The number of methoxy groups -OCH3 is 1. The molecule has 1 unspecified atom stereocenters. The zero-order valence-corrected chi connectivity index (χ0v) is 15.4. The first kappa shape index (κ1) is 18.2. The van der Waals surface area contributed by atoms with E-state index >= 15 is 0 Å². The standard InChI is InChI=1S/C20H30N2O3/c1-15-16-7-6-8-18(25-2)17(16)9-12-22(15)19(23)13-21-14-20(24)10-4-3-5-11-20/h6-8,15,21,24H,3-5,9-14H2,1-2H3. The fourth-order valence-corrected chi connectivity index (χ4v) is 4.26. The molecule has 1 saturated carbocycles. The Hall–Kier alpha value is -1.59. The van der Waals surface area contributed by atoms with Crippen molar-refractivity contribution in [3.8, 4) is 5.75 Å². The van der Waals surface area contributed by atoms with Gasteiger partial charge in [0.25, 0.3) is 0 Å². The molecule has 1 fully saturated rings. The SMILES string of the molecule is COc1cccc2c1CCN(C(=O)CNCC1(O)CCCCC1)C2C. The Labute approximate surface area is 150 Å². The number of hydrogen-bond acceptors (Lipinski definition) is 4. The molecule has 2 aliphatic rings. The van der Waals surface area contributed by atoms with Gasteiger partial charge in [-0.25, -0.2) is 0 Å².